The third kappa shape index (κ3) is 13.0. The van der Waals surface area contributed by atoms with Crippen LogP contribution in [0.2, 0.25) is 0 Å². The van der Waals surface area contributed by atoms with Gasteiger partial charge in [-0.2, -0.15) is 0 Å². The van der Waals surface area contributed by atoms with Gasteiger partial charge in [0.1, 0.15) is 18.1 Å². The number of carboxylic acid groups (broad SMARTS) is 2. The summed E-state index contributed by atoms with van der Waals surface area (Å²) in [6, 6.07) is 7.70. The fourth-order valence-corrected chi connectivity index (χ4v) is 1.48. The van der Waals surface area contributed by atoms with Crippen LogP contribution in [0.4, 0.5) is 0 Å². The number of ketones is 1. The molecule has 1 rings (SSSR count). The van der Waals surface area contributed by atoms with Crippen molar-refractivity contribution >= 4 is 17.7 Å². The second kappa shape index (κ2) is 11.8. The Morgan fingerprint density at radius 2 is 1.54 bits per heavy atom. The van der Waals surface area contributed by atoms with Crippen LogP contribution in [0.3, 0.4) is 0 Å². The van der Waals surface area contributed by atoms with E-state index in [2.05, 4.69) is 4.90 Å². The van der Waals surface area contributed by atoms with Gasteiger partial charge in [0, 0.05) is 25.1 Å². The van der Waals surface area contributed by atoms with Gasteiger partial charge in [0.05, 0.1) is 0 Å². The zero-order chi connectivity index (χ0) is 18.5. The van der Waals surface area contributed by atoms with Crippen molar-refractivity contribution in [3.05, 3.63) is 42.0 Å². The Kier molecular flexibility index (Phi) is 10.5. The van der Waals surface area contributed by atoms with E-state index in [1.807, 2.05) is 38.4 Å². The van der Waals surface area contributed by atoms with Crippen molar-refractivity contribution in [3.8, 4) is 5.75 Å². The first-order valence-corrected chi connectivity index (χ1v) is 7.20. The van der Waals surface area contributed by atoms with Gasteiger partial charge >= 0.3 is 11.9 Å². The highest BCUT2D eigenvalue weighted by Gasteiger charge is 1.99. The Balaban J connectivity index is 0.000000561. The molecule has 0 heterocycles. The molecule has 0 aromatic heterocycles. The van der Waals surface area contributed by atoms with Gasteiger partial charge in [-0.3, -0.25) is 4.79 Å². The molecule has 0 radical (unpaired) electrons. The second-order valence-electron chi connectivity index (χ2n) is 5.18. The summed E-state index contributed by atoms with van der Waals surface area (Å²) < 4.78 is 5.55. The molecule has 0 unspecified atom stereocenters. The van der Waals surface area contributed by atoms with Crippen molar-refractivity contribution in [3.63, 3.8) is 0 Å². The first-order valence-electron chi connectivity index (χ1n) is 7.20. The van der Waals surface area contributed by atoms with Crippen molar-refractivity contribution < 1.29 is 29.3 Å². The molecule has 0 aliphatic heterocycles. The Labute approximate surface area is 141 Å². The first kappa shape index (κ1) is 21.3. The van der Waals surface area contributed by atoms with E-state index in [1.54, 1.807) is 6.92 Å². The van der Waals surface area contributed by atoms with E-state index in [4.69, 9.17) is 14.9 Å². The molecule has 0 fully saturated rings. The predicted molar refractivity (Wildman–Crippen MR) is 89.3 cm³/mol. The lowest BCUT2D eigenvalue weighted by atomic mass is 10.1. The lowest BCUT2D eigenvalue weighted by molar-refractivity contribution is -0.134. The predicted octanol–water partition coefficient (Wildman–Crippen LogP) is 1.47. The van der Waals surface area contributed by atoms with Crippen molar-refractivity contribution in [1.82, 2.24) is 4.90 Å². The highest BCUT2D eigenvalue weighted by molar-refractivity contribution is 5.89. The molecule has 2 N–H and O–H groups in total. The SMILES string of the molecule is CC(=O)Cc1ccc(OCCN(C)C)cc1.O=C(O)/C=C/C(=O)O. The van der Waals surface area contributed by atoms with Crippen LogP contribution < -0.4 is 4.74 Å². The number of likely N-dealkylation sites (N-methyl/N-ethyl adjacent to an activating group) is 1. The molecule has 0 saturated carbocycles. The van der Waals surface area contributed by atoms with Crippen molar-refractivity contribution in [2.24, 2.45) is 0 Å². The van der Waals surface area contributed by atoms with Crippen LogP contribution in [0.15, 0.2) is 36.4 Å². The largest absolute Gasteiger partial charge is 0.492 e. The number of carbonyl (C=O) groups is 3. The molecule has 7 heteroatoms. The molecule has 7 nitrogen and oxygen atoms in total. The number of carboxylic acids is 2. The summed E-state index contributed by atoms with van der Waals surface area (Å²) in [5, 5.41) is 15.6. The molecule has 0 amide bonds. The van der Waals surface area contributed by atoms with Crippen LogP contribution >= 0.6 is 0 Å². The molecule has 0 atom stereocenters. The average molecular weight is 337 g/mol. The van der Waals surface area contributed by atoms with Gasteiger partial charge in [-0.15, -0.1) is 0 Å². The summed E-state index contributed by atoms with van der Waals surface area (Å²) >= 11 is 0. The molecular formula is C17H23NO6. The summed E-state index contributed by atoms with van der Waals surface area (Å²) in [6.45, 7) is 3.18. The standard InChI is InChI=1S/C13H19NO2.C4H4O4/c1-11(15)10-12-4-6-13(7-5-12)16-9-8-14(2)3;5-3(6)1-2-4(7)8/h4-7H,8-10H2,1-3H3;1-2H,(H,5,6)(H,7,8)/b;2-1+. The maximum Gasteiger partial charge on any atom is 0.328 e. The smallest absolute Gasteiger partial charge is 0.328 e. The van der Waals surface area contributed by atoms with Gasteiger partial charge in [-0.25, -0.2) is 9.59 Å². The zero-order valence-electron chi connectivity index (χ0n) is 14.1. The second-order valence-corrected chi connectivity index (χ2v) is 5.18. The van der Waals surface area contributed by atoms with E-state index in [-0.39, 0.29) is 5.78 Å². The molecule has 0 aliphatic rings. The minimum atomic E-state index is -1.26. The summed E-state index contributed by atoms with van der Waals surface area (Å²) in [7, 11) is 4.03. The van der Waals surface area contributed by atoms with E-state index in [0.29, 0.717) is 25.2 Å². The van der Waals surface area contributed by atoms with Crippen molar-refractivity contribution in [1.29, 1.82) is 0 Å². The molecule has 1 aromatic carbocycles. The average Bonchev–Trinajstić information content (AvgIpc) is 2.47. The van der Waals surface area contributed by atoms with E-state index >= 15 is 0 Å². The maximum absolute atomic E-state index is 10.9. The Morgan fingerprint density at radius 1 is 1.04 bits per heavy atom. The minimum Gasteiger partial charge on any atom is -0.492 e. The topological polar surface area (TPSA) is 104 Å². The Hall–Kier alpha value is -2.67. The Bertz CT molecular complexity index is 547. The molecule has 132 valence electrons. The third-order valence-corrected chi connectivity index (χ3v) is 2.55. The summed E-state index contributed by atoms with van der Waals surface area (Å²) in [5.74, 6) is -1.48. The van der Waals surface area contributed by atoms with Gasteiger partial charge < -0.3 is 19.8 Å². The van der Waals surface area contributed by atoms with E-state index < -0.39 is 11.9 Å². The fraction of sp³-hybridized carbons (Fsp3) is 0.353. The van der Waals surface area contributed by atoms with Gasteiger partial charge in [0.2, 0.25) is 0 Å². The van der Waals surface area contributed by atoms with Crippen LogP contribution in [-0.4, -0.2) is 60.1 Å². The molecular weight excluding hydrogens is 314 g/mol. The van der Waals surface area contributed by atoms with Crippen LogP contribution in [0.5, 0.6) is 5.75 Å². The van der Waals surface area contributed by atoms with E-state index in [9.17, 15) is 14.4 Å². The Morgan fingerprint density at radius 3 is 1.92 bits per heavy atom. The minimum absolute atomic E-state index is 0.182. The quantitative estimate of drug-likeness (QED) is 0.692. The molecule has 0 spiro atoms. The molecule has 0 aliphatic carbocycles. The number of nitrogens with zero attached hydrogens (tertiary/aromatic N) is 1. The van der Waals surface area contributed by atoms with E-state index in [0.717, 1.165) is 17.9 Å². The van der Waals surface area contributed by atoms with Crippen molar-refractivity contribution in [2.45, 2.75) is 13.3 Å². The number of hydrogen-bond donors (Lipinski definition) is 2. The summed E-state index contributed by atoms with van der Waals surface area (Å²) in [6.07, 6.45) is 1.61. The van der Waals surface area contributed by atoms with Crippen molar-refractivity contribution in [2.75, 3.05) is 27.2 Å². The van der Waals surface area contributed by atoms with Crippen LogP contribution in [0, 0.1) is 0 Å². The van der Waals surface area contributed by atoms with Crippen LogP contribution in [0.1, 0.15) is 12.5 Å². The van der Waals surface area contributed by atoms with Crippen LogP contribution in [-0.2, 0) is 20.8 Å². The monoisotopic (exact) mass is 337 g/mol. The van der Waals surface area contributed by atoms with Gasteiger partial charge in [0.25, 0.3) is 0 Å². The number of aliphatic carboxylic acids is 2. The highest BCUT2D eigenvalue weighted by Crippen LogP contribution is 2.12. The van der Waals surface area contributed by atoms with Gasteiger partial charge in [0.15, 0.2) is 0 Å². The number of benzene rings is 1. The number of Topliss-reactive ketones (excluding diaryl/α,β-unsaturated/α-hetero) is 1. The summed E-state index contributed by atoms with van der Waals surface area (Å²) in [5.41, 5.74) is 1.03. The zero-order valence-corrected chi connectivity index (χ0v) is 14.1. The number of hydrogen-bond acceptors (Lipinski definition) is 5. The molecule has 0 saturated heterocycles. The van der Waals surface area contributed by atoms with Crippen LogP contribution in [0.25, 0.3) is 0 Å². The first-order chi connectivity index (χ1) is 11.2. The lowest BCUT2D eigenvalue weighted by Crippen LogP contribution is -2.19. The maximum atomic E-state index is 10.9. The normalized spacial score (nSPS) is 10.2. The summed E-state index contributed by atoms with van der Waals surface area (Å²) in [4.78, 5) is 32.1. The molecule has 0 bridgehead atoms. The van der Waals surface area contributed by atoms with Gasteiger partial charge in [-0.1, -0.05) is 12.1 Å². The lowest BCUT2D eigenvalue weighted by Gasteiger charge is -2.11. The van der Waals surface area contributed by atoms with E-state index in [1.165, 1.54) is 0 Å². The number of ether oxygens (including phenoxy) is 1. The molecule has 24 heavy (non-hydrogen) atoms. The van der Waals surface area contributed by atoms with Gasteiger partial charge in [-0.05, 0) is 38.7 Å². The highest BCUT2D eigenvalue weighted by atomic mass is 16.5. The molecule has 1 aromatic rings. The number of carbonyl (C=O) groups excluding carboxylic acids is 1. The number of rotatable bonds is 8. The fourth-order valence-electron chi connectivity index (χ4n) is 1.48. The third-order valence-electron chi connectivity index (χ3n) is 2.55.